The van der Waals surface area contributed by atoms with E-state index in [1.807, 2.05) is 6.07 Å². The topological polar surface area (TPSA) is 62.2 Å². The van der Waals surface area contributed by atoms with Gasteiger partial charge in [0.2, 0.25) is 5.92 Å². The summed E-state index contributed by atoms with van der Waals surface area (Å²) < 4.78 is 27.7. The van der Waals surface area contributed by atoms with Crippen LogP contribution in [0.2, 0.25) is 5.02 Å². The number of benzene rings is 1. The molecule has 1 fully saturated rings. The number of hydrogen-bond donors (Lipinski definition) is 2. The van der Waals surface area contributed by atoms with Crippen LogP contribution in [-0.2, 0) is 11.0 Å². The summed E-state index contributed by atoms with van der Waals surface area (Å²) in [7, 11) is 0. The van der Waals surface area contributed by atoms with Crippen LogP contribution in [0.15, 0.2) is 42.6 Å². The van der Waals surface area contributed by atoms with Crippen molar-refractivity contribution in [3.05, 3.63) is 64.4 Å². The molecule has 2 aromatic rings. The normalized spacial score (nSPS) is 18.3. The number of aliphatic hydroxyl groups is 1. The van der Waals surface area contributed by atoms with Crippen LogP contribution in [0, 0.1) is 0 Å². The van der Waals surface area contributed by atoms with Crippen LogP contribution in [-0.4, -0.2) is 28.5 Å². The molecule has 0 saturated heterocycles. The van der Waals surface area contributed by atoms with E-state index in [0.29, 0.717) is 16.3 Å². The van der Waals surface area contributed by atoms with E-state index < -0.39 is 16.9 Å². The molecule has 1 aliphatic carbocycles. The molecule has 1 saturated carbocycles. The Kier molecular flexibility index (Phi) is 5.97. The number of carbonyl (C=O) groups excluding carboxylic acids is 1. The molecule has 1 aromatic carbocycles. The fourth-order valence-corrected chi connectivity index (χ4v) is 3.90. The average Bonchev–Trinajstić information content (AvgIpc) is 2.67. The van der Waals surface area contributed by atoms with Gasteiger partial charge in [0.15, 0.2) is 0 Å². The molecule has 4 nitrogen and oxygen atoms in total. The molecule has 1 amide bonds. The van der Waals surface area contributed by atoms with Gasteiger partial charge in [-0.2, -0.15) is 0 Å². The van der Waals surface area contributed by atoms with E-state index in [9.17, 15) is 18.7 Å². The highest BCUT2D eigenvalue weighted by atomic mass is 35.5. The Hall–Kier alpha value is -2.05. The van der Waals surface area contributed by atoms with Gasteiger partial charge in [0.1, 0.15) is 5.60 Å². The first-order valence-corrected chi connectivity index (χ1v) is 10.00. The molecular weight excluding hydrogens is 398 g/mol. The highest BCUT2D eigenvalue weighted by Gasteiger charge is 2.44. The Labute approximate surface area is 174 Å². The standard InChI is InChI=1S/C22H25ClF2N2O2/c1-20(2,29)18-7-6-16(13-26-18)21(8-10-22(24,25)11-9-21)14-27-19(28)15-4-3-5-17(23)12-15/h3-7,12-13,29H,8-11,14H2,1-2H3,(H,27,28). The SMILES string of the molecule is CC(C)(O)c1ccc(C2(CNC(=O)c3cccc(Cl)c3)CCC(F)(F)CC2)cn1. The summed E-state index contributed by atoms with van der Waals surface area (Å²) in [5.74, 6) is -2.99. The number of aromatic nitrogens is 1. The highest BCUT2D eigenvalue weighted by Crippen LogP contribution is 2.45. The van der Waals surface area contributed by atoms with Crippen LogP contribution in [0.3, 0.4) is 0 Å². The predicted octanol–water partition coefficient (Wildman–Crippen LogP) is 4.84. The Balaban J connectivity index is 1.83. The molecular formula is C22H25ClF2N2O2. The minimum Gasteiger partial charge on any atom is -0.384 e. The van der Waals surface area contributed by atoms with Crippen molar-refractivity contribution in [3.63, 3.8) is 0 Å². The maximum atomic E-state index is 13.8. The molecule has 0 spiro atoms. The van der Waals surface area contributed by atoms with E-state index >= 15 is 0 Å². The van der Waals surface area contributed by atoms with Crippen LogP contribution in [0.5, 0.6) is 0 Å². The number of pyridine rings is 1. The van der Waals surface area contributed by atoms with Crippen LogP contribution >= 0.6 is 11.6 Å². The van der Waals surface area contributed by atoms with Gasteiger partial charge in [-0.25, -0.2) is 8.78 Å². The maximum absolute atomic E-state index is 13.8. The lowest BCUT2D eigenvalue weighted by Crippen LogP contribution is -2.45. The molecule has 0 bridgehead atoms. The third-order valence-corrected chi connectivity index (χ3v) is 5.85. The van der Waals surface area contributed by atoms with Gasteiger partial charge in [-0.3, -0.25) is 9.78 Å². The molecule has 29 heavy (non-hydrogen) atoms. The van der Waals surface area contributed by atoms with E-state index in [1.54, 1.807) is 50.4 Å². The van der Waals surface area contributed by atoms with Crippen LogP contribution in [0.25, 0.3) is 0 Å². The molecule has 1 aromatic heterocycles. The second-order valence-corrected chi connectivity index (χ2v) is 8.76. The summed E-state index contributed by atoms with van der Waals surface area (Å²) in [6, 6.07) is 10.1. The van der Waals surface area contributed by atoms with E-state index in [2.05, 4.69) is 10.3 Å². The van der Waals surface area contributed by atoms with Gasteiger partial charge < -0.3 is 10.4 Å². The third kappa shape index (κ3) is 5.11. The molecule has 0 atom stereocenters. The Bertz CT molecular complexity index is 869. The molecule has 0 radical (unpaired) electrons. The van der Waals surface area contributed by atoms with Crippen molar-refractivity contribution in [3.8, 4) is 0 Å². The number of rotatable bonds is 5. The van der Waals surface area contributed by atoms with Gasteiger partial charge in [-0.1, -0.05) is 23.7 Å². The second-order valence-electron chi connectivity index (χ2n) is 8.32. The smallest absolute Gasteiger partial charge is 0.251 e. The van der Waals surface area contributed by atoms with Gasteiger partial charge in [-0.05, 0) is 56.5 Å². The number of amides is 1. The Morgan fingerprint density at radius 3 is 2.45 bits per heavy atom. The monoisotopic (exact) mass is 422 g/mol. The Morgan fingerprint density at radius 2 is 1.90 bits per heavy atom. The quantitative estimate of drug-likeness (QED) is 0.724. The largest absolute Gasteiger partial charge is 0.384 e. The fourth-order valence-electron chi connectivity index (χ4n) is 3.71. The number of alkyl halides is 2. The van der Waals surface area contributed by atoms with Gasteiger partial charge >= 0.3 is 0 Å². The summed E-state index contributed by atoms with van der Waals surface area (Å²) in [6.45, 7) is 3.49. The summed E-state index contributed by atoms with van der Waals surface area (Å²) >= 11 is 5.95. The number of nitrogens with zero attached hydrogens (tertiary/aromatic N) is 1. The lowest BCUT2D eigenvalue weighted by molar-refractivity contribution is -0.0516. The van der Waals surface area contributed by atoms with E-state index in [-0.39, 0.29) is 38.1 Å². The summed E-state index contributed by atoms with van der Waals surface area (Å²) in [5.41, 5.74) is -0.0233. The van der Waals surface area contributed by atoms with Crippen molar-refractivity contribution in [1.29, 1.82) is 0 Å². The van der Waals surface area contributed by atoms with Gasteiger partial charge in [-0.15, -0.1) is 0 Å². The first kappa shape index (κ1) is 21.7. The average molecular weight is 423 g/mol. The lowest BCUT2D eigenvalue weighted by atomic mass is 9.68. The lowest BCUT2D eigenvalue weighted by Gasteiger charge is -2.40. The molecule has 1 heterocycles. The molecule has 0 unspecified atom stereocenters. The van der Waals surface area contributed by atoms with E-state index in [0.717, 1.165) is 5.56 Å². The van der Waals surface area contributed by atoms with Crippen molar-refractivity contribution in [2.24, 2.45) is 0 Å². The van der Waals surface area contributed by atoms with Crippen LogP contribution < -0.4 is 5.32 Å². The molecule has 1 aliphatic rings. The third-order valence-electron chi connectivity index (χ3n) is 5.62. The molecule has 2 N–H and O–H groups in total. The maximum Gasteiger partial charge on any atom is 0.251 e. The van der Waals surface area contributed by atoms with E-state index in [1.165, 1.54) is 0 Å². The van der Waals surface area contributed by atoms with Crippen molar-refractivity contribution in [1.82, 2.24) is 10.3 Å². The zero-order valence-electron chi connectivity index (χ0n) is 16.5. The zero-order valence-corrected chi connectivity index (χ0v) is 17.3. The number of carbonyl (C=O) groups is 1. The highest BCUT2D eigenvalue weighted by molar-refractivity contribution is 6.30. The number of halogens is 3. The van der Waals surface area contributed by atoms with Gasteiger partial charge in [0.05, 0.1) is 5.69 Å². The summed E-state index contributed by atoms with van der Waals surface area (Å²) in [6.07, 6.45) is 1.61. The molecule has 0 aliphatic heterocycles. The first-order valence-electron chi connectivity index (χ1n) is 9.62. The number of hydrogen-bond acceptors (Lipinski definition) is 3. The molecule has 3 rings (SSSR count). The summed E-state index contributed by atoms with van der Waals surface area (Å²) in [4.78, 5) is 16.9. The molecule has 7 heteroatoms. The van der Waals surface area contributed by atoms with Crippen molar-refractivity contribution in [2.75, 3.05) is 6.54 Å². The summed E-state index contributed by atoms with van der Waals surface area (Å²) in [5, 5.41) is 13.5. The predicted molar refractivity (Wildman–Crippen MR) is 108 cm³/mol. The molecule has 156 valence electrons. The minimum atomic E-state index is -2.69. The Morgan fingerprint density at radius 1 is 1.21 bits per heavy atom. The van der Waals surface area contributed by atoms with Crippen molar-refractivity contribution < 1.29 is 18.7 Å². The first-order chi connectivity index (χ1) is 13.5. The van der Waals surface area contributed by atoms with Crippen molar-refractivity contribution >= 4 is 17.5 Å². The van der Waals surface area contributed by atoms with Crippen LogP contribution in [0.4, 0.5) is 8.78 Å². The zero-order chi connectivity index (χ0) is 21.3. The fraction of sp³-hybridized carbons (Fsp3) is 0.455. The minimum absolute atomic E-state index is 0.220. The van der Waals surface area contributed by atoms with E-state index in [4.69, 9.17) is 11.6 Å². The van der Waals surface area contributed by atoms with Gasteiger partial charge in [0, 0.05) is 41.6 Å². The van der Waals surface area contributed by atoms with Gasteiger partial charge in [0.25, 0.3) is 5.91 Å². The second kappa shape index (κ2) is 8.00. The van der Waals surface area contributed by atoms with Crippen molar-refractivity contribution in [2.45, 2.75) is 56.5 Å². The van der Waals surface area contributed by atoms with Crippen LogP contribution in [0.1, 0.15) is 61.1 Å². The number of nitrogens with one attached hydrogen (secondary N) is 1.